The number of ether oxygens (including phenoxy) is 1. The summed E-state index contributed by atoms with van der Waals surface area (Å²) in [5.74, 6) is -0.266. The van der Waals surface area contributed by atoms with E-state index in [4.69, 9.17) is 16.3 Å². The largest absolute Gasteiger partial charge is 0.378 e. The van der Waals surface area contributed by atoms with Crippen LogP contribution < -0.4 is 10.2 Å². The van der Waals surface area contributed by atoms with E-state index in [1.165, 1.54) is 0 Å². The Hall–Kier alpha value is -2.11. The van der Waals surface area contributed by atoms with E-state index in [1.807, 2.05) is 32.0 Å². The highest BCUT2D eigenvalue weighted by Gasteiger charge is 2.15. The minimum Gasteiger partial charge on any atom is -0.378 e. The molecule has 2 heterocycles. The maximum absolute atomic E-state index is 12.4. The average molecular weight is 346 g/mol. The number of nitrogens with one attached hydrogen (secondary N) is 1. The topological polar surface area (TPSA) is 54.5 Å². The SMILES string of the molecule is Cc1cc(C)c(NC(=O)c2ccc(N3CCOCC3)cn2)c(Cl)c1. The predicted octanol–water partition coefficient (Wildman–Crippen LogP) is 3.44. The molecule has 6 heteroatoms. The highest BCUT2D eigenvalue weighted by atomic mass is 35.5. The lowest BCUT2D eigenvalue weighted by Gasteiger charge is -2.28. The fourth-order valence-electron chi connectivity index (χ4n) is 2.78. The standard InChI is InChI=1S/C18H20ClN3O2/c1-12-9-13(2)17(15(19)10-12)21-18(23)16-4-3-14(11-20-16)22-5-7-24-8-6-22/h3-4,9-11H,5-8H2,1-2H3,(H,21,23). The van der Waals surface area contributed by atoms with Crippen molar-refractivity contribution in [3.63, 3.8) is 0 Å². The number of aryl methyl sites for hydroxylation is 2. The van der Waals surface area contributed by atoms with Gasteiger partial charge in [0.1, 0.15) is 5.69 Å². The number of anilines is 2. The maximum atomic E-state index is 12.4. The van der Waals surface area contributed by atoms with Gasteiger partial charge in [0.05, 0.1) is 35.8 Å². The Morgan fingerprint density at radius 1 is 1.25 bits per heavy atom. The van der Waals surface area contributed by atoms with Crippen molar-refractivity contribution in [3.8, 4) is 0 Å². The fraction of sp³-hybridized carbons (Fsp3) is 0.333. The molecule has 1 aliphatic heterocycles. The van der Waals surface area contributed by atoms with Crippen LogP contribution in [0.1, 0.15) is 21.6 Å². The first kappa shape index (κ1) is 16.7. The van der Waals surface area contributed by atoms with Gasteiger partial charge in [-0.05, 0) is 43.2 Å². The zero-order chi connectivity index (χ0) is 17.1. The molecule has 1 N–H and O–H groups in total. The van der Waals surface area contributed by atoms with E-state index >= 15 is 0 Å². The van der Waals surface area contributed by atoms with Gasteiger partial charge in [0.2, 0.25) is 0 Å². The number of rotatable bonds is 3. The Morgan fingerprint density at radius 2 is 2.00 bits per heavy atom. The molecule has 2 aromatic rings. The Kier molecular flexibility index (Phi) is 5.02. The molecule has 0 atom stereocenters. The van der Waals surface area contributed by atoms with Gasteiger partial charge in [-0.3, -0.25) is 4.79 Å². The number of morpholine rings is 1. The minimum atomic E-state index is -0.266. The Balaban J connectivity index is 1.73. The van der Waals surface area contributed by atoms with Crippen LogP contribution in [0.25, 0.3) is 0 Å². The minimum absolute atomic E-state index is 0.266. The second-order valence-electron chi connectivity index (χ2n) is 5.89. The summed E-state index contributed by atoms with van der Waals surface area (Å²) in [6, 6.07) is 7.46. The van der Waals surface area contributed by atoms with Gasteiger partial charge in [0.15, 0.2) is 0 Å². The number of nitrogens with zero attached hydrogens (tertiary/aromatic N) is 2. The third-order valence-corrected chi connectivity index (χ3v) is 4.33. The third-order valence-electron chi connectivity index (χ3n) is 4.03. The van der Waals surface area contributed by atoms with Gasteiger partial charge in [-0.25, -0.2) is 4.98 Å². The molecule has 1 aromatic carbocycles. The van der Waals surface area contributed by atoms with Crippen molar-refractivity contribution in [2.45, 2.75) is 13.8 Å². The molecule has 3 rings (SSSR count). The predicted molar refractivity (Wildman–Crippen MR) is 96.1 cm³/mol. The molecule has 0 unspecified atom stereocenters. The quantitative estimate of drug-likeness (QED) is 0.925. The molecule has 5 nitrogen and oxygen atoms in total. The van der Waals surface area contributed by atoms with Crippen LogP contribution in [-0.2, 0) is 4.74 Å². The molecule has 1 amide bonds. The summed E-state index contributed by atoms with van der Waals surface area (Å²) >= 11 is 6.24. The molecular weight excluding hydrogens is 326 g/mol. The van der Waals surface area contributed by atoms with Crippen molar-refractivity contribution in [2.24, 2.45) is 0 Å². The first-order valence-corrected chi connectivity index (χ1v) is 8.29. The fourth-order valence-corrected chi connectivity index (χ4v) is 3.15. The average Bonchev–Trinajstić information content (AvgIpc) is 2.59. The van der Waals surface area contributed by atoms with Crippen LogP contribution in [0.2, 0.25) is 5.02 Å². The summed E-state index contributed by atoms with van der Waals surface area (Å²) in [5.41, 5.74) is 3.98. The second-order valence-corrected chi connectivity index (χ2v) is 6.30. The second kappa shape index (κ2) is 7.20. The van der Waals surface area contributed by atoms with Crippen molar-refractivity contribution >= 4 is 28.9 Å². The van der Waals surface area contributed by atoms with Crippen molar-refractivity contribution < 1.29 is 9.53 Å². The summed E-state index contributed by atoms with van der Waals surface area (Å²) in [5, 5.41) is 3.39. The molecule has 126 valence electrons. The first-order valence-electron chi connectivity index (χ1n) is 7.91. The van der Waals surface area contributed by atoms with Gasteiger partial charge in [-0.2, -0.15) is 0 Å². The summed E-state index contributed by atoms with van der Waals surface area (Å²) in [6.45, 7) is 7.00. The molecule has 1 aliphatic rings. The summed E-state index contributed by atoms with van der Waals surface area (Å²) in [4.78, 5) is 18.9. The molecule has 0 spiro atoms. The number of pyridine rings is 1. The van der Waals surface area contributed by atoms with Crippen molar-refractivity contribution in [2.75, 3.05) is 36.5 Å². The normalized spacial score (nSPS) is 14.5. The van der Waals surface area contributed by atoms with Gasteiger partial charge in [0, 0.05) is 13.1 Å². The van der Waals surface area contributed by atoms with Crippen molar-refractivity contribution in [1.82, 2.24) is 4.98 Å². The number of aromatic nitrogens is 1. The number of amides is 1. The number of hydrogen-bond donors (Lipinski definition) is 1. The van der Waals surface area contributed by atoms with E-state index in [9.17, 15) is 4.79 Å². The summed E-state index contributed by atoms with van der Waals surface area (Å²) < 4.78 is 5.34. The molecule has 0 saturated carbocycles. The van der Waals surface area contributed by atoms with E-state index in [1.54, 1.807) is 12.3 Å². The lowest BCUT2D eigenvalue weighted by atomic mass is 10.1. The number of carbonyl (C=O) groups excluding carboxylic acids is 1. The van der Waals surface area contributed by atoms with Gasteiger partial charge in [-0.15, -0.1) is 0 Å². The van der Waals surface area contributed by atoms with Crippen molar-refractivity contribution in [3.05, 3.63) is 52.3 Å². The number of hydrogen-bond acceptors (Lipinski definition) is 4. The van der Waals surface area contributed by atoms with Gasteiger partial charge in [0.25, 0.3) is 5.91 Å². The molecule has 0 radical (unpaired) electrons. The van der Waals surface area contributed by atoms with Gasteiger partial charge >= 0.3 is 0 Å². The number of benzene rings is 1. The van der Waals surface area contributed by atoms with Crippen LogP contribution in [0, 0.1) is 13.8 Å². The molecule has 24 heavy (non-hydrogen) atoms. The monoisotopic (exact) mass is 345 g/mol. The van der Waals surface area contributed by atoms with Gasteiger partial charge < -0.3 is 15.0 Å². The zero-order valence-corrected chi connectivity index (χ0v) is 14.6. The number of halogens is 1. The Labute approximate surface area is 146 Å². The molecule has 1 fully saturated rings. The van der Waals surface area contributed by atoms with E-state index < -0.39 is 0 Å². The van der Waals surface area contributed by atoms with Crippen LogP contribution in [0.15, 0.2) is 30.5 Å². The van der Waals surface area contributed by atoms with Crippen LogP contribution in [0.3, 0.4) is 0 Å². The molecule has 0 aliphatic carbocycles. The summed E-state index contributed by atoms with van der Waals surface area (Å²) in [6.07, 6.45) is 1.73. The van der Waals surface area contributed by atoms with Crippen LogP contribution in [0.5, 0.6) is 0 Å². The van der Waals surface area contributed by atoms with E-state index in [0.29, 0.717) is 29.6 Å². The third kappa shape index (κ3) is 3.68. The summed E-state index contributed by atoms with van der Waals surface area (Å²) in [7, 11) is 0. The Bertz CT molecular complexity index is 717. The van der Waals surface area contributed by atoms with Crippen molar-refractivity contribution in [1.29, 1.82) is 0 Å². The highest BCUT2D eigenvalue weighted by Crippen LogP contribution is 2.27. The molecule has 0 bridgehead atoms. The van der Waals surface area contributed by atoms with Crippen LogP contribution in [-0.4, -0.2) is 37.2 Å². The molecular formula is C18H20ClN3O2. The van der Waals surface area contributed by atoms with E-state index in [-0.39, 0.29) is 5.91 Å². The van der Waals surface area contributed by atoms with Crippen LogP contribution in [0.4, 0.5) is 11.4 Å². The first-order chi connectivity index (χ1) is 11.5. The van der Waals surface area contributed by atoms with E-state index in [2.05, 4.69) is 15.2 Å². The smallest absolute Gasteiger partial charge is 0.274 e. The lowest BCUT2D eigenvalue weighted by Crippen LogP contribution is -2.36. The van der Waals surface area contributed by atoms with Crippen LogP contribution >= 0.6 is 11.6 Å². The van der Waals surface area contributed by atoms with Gasteiger partial charge in [-0.1, -0.05) is 17.7 Å². The highest BCUT2D eigenvalue weighted by molar-refractivity contribution is 6.34. The maximum Gasteiger partial charge on any atom is 0.274 e. The molecule has 1 aromatic heterocycles. The zero-order valence-electron chi connectivity index (χ0n) is 13.8. The van der Waals surface area contributed by atoms with E-state index in [0.717, 1.165) is 29.9 Å². The Morgan fingerprint density at radius 3 is 2.62 bits per heavy atom. The molecule has 1 saturated heterocycles. The lowest BCUT2D eigenvalue weighted by molar-refractivity contribution is 0.102. The number of carbonyl (C=O) groups is 1.